The Kier molecular flexibility index (Phi) is 8.22. The first kappa shape index (κ1) is 24.3. The Balaban J connectivity index is 2.40. The van der Waals surface area contributed by atoms with E-state index in [1.807, 2.05) is 0 Å². The third-order valence-electron chi connectivity index (χ3n) is 4.60. The summed E-state index contributed by atoms with van der Waals surface area (Å²) in [6.07, 6.45) is 1.16. The van der Waals surface area contributed by atoms with Crippen molar-refractivity contribution in [1.82, 2.24) is 10.0 Å². The lowest BCUT2D eigenvalue weighted by Gasteiger charge is -2.17. The van der Waals surface area contributed by atoms with Crippen LogP contribution >= 0.6 is 0 Å². The zero-order valence-electron chi connectivity index (χ0n) is 17.3. The second-order valence-electron chi connectivity index (χ2n) is 6.43. The number of nitrogens with zero attached hydrogens (tertiary/aromatic N) is 8. The van der Waals surface area contributed by atoms with E-state index >= 15 is 0 Å². The Bertz CT molecular complexity index is 905. The molecular weight excluding hydrogens is 436 g/mol. The molecule has 176 valence electrons. The predicted octanol–water partition coefficient (Wildman–Crippen LogP) is 1.64. The van der Waals surface area contributed by atoms with Gasteiger partial charge in [-0.1, -0.05) is 0 Å². The van der Waals surface area contributed by atoms with E-state index in [0.717, 1.165) is 11.1 Å². The number of aliphatic hydroxyl groups is 1. The highest BCUT2D eigenvalue weighted by atomic mass is 16.7. The minimum Gasteiger partial charge on any atom is -0.569 e. The third kappa shape index (κ3) is 5.56. The summed E-state index contributed by atoms with van der Waals surface area (Å²) in [5, 5.41) is 64.8. The Labute approximate surface area is 180 Å². The molecule has 0 unspecified atom stereocenters. The number of aliphatic hydroxyl groups excluding tert-OH is 1. The van der Waals surface area contributed by atoms with Crippen LogP contribution in [0.3, 0.4) is 0 Å². The summed E-state index contributed by atoms with van der Waals surface area (Å²) in [6.45, 7) is 3.86. The second-order valence-corrected chi connectivity index (χ2v) is 6.43. The topological polar surface area (TPSA) is 208 Å². The molecule has 1 aliphatic heterocycles. The molecule has 0 saturated carbocycles. The van der Waals surface area contributed by atoms with Gasteiger partial charge in [0.2, 0.25) is 22.1 Å². The van der Waals surface area contributed by atoms with Crippen molar-refractivity contribution in [3.05, 3.63) is 42.8 Å². The SMILES string of the molecule is CCN(CC)/[N+]([O-])=N/Oc1cc(O/N=[N+](\[O-])N2CCC[C@H]2CO)c([N+](=O)[O-])cc1[N+](=O)[O-]. The van der Waals surface area contributed by atoms with E-state index in [9.17, 15) is 35.7 Å². The molecule has 1 fully saturated rings. The molecule has 1 aromatic rings. The van der Waals surface area contributed by atoms with Crippen molar-refractivity contribution in [2.45, 2.75) is 32.7 Å². The quantitative estimate of drug-likeness (QED) is 0.218. The molecule has 32 heavy (non-hydrogen) atoms. The monoisotopic (exact) mass is 458 g/mol. The molecule has 0 amide bonds. The summed E-state index contributed by atoms with van der Waals surface area (Å²) in [5.41, 5.74) is -1.73. The van der Waals surface area contributed by atoms with Crippen molar-refractivity contribution in [2.24, 2.45) is 10.6 Å². The van der Waals surface area contributed by atoms with Crippen LogP contribution in [-0.2, 0) is 0 Å². The molecule has 2 rings (SSSR count). The van der Waals surface area contributed by atoms with Crippen LogP contribution in [0.15, 0.2) is 22.7 Å². The van der Waals surface area contributed by atoms with Crippen LogP contribution in [0.1, 0.15) is 26.7 Å². The molecule has 1 aromatic carbocycles. The first-order valence-electron chi connectivity index (χ1n) is 9.52. The highest BCUT2D eigenvalue weighted by Gasteiger charge is 2.32. The van der Waals surface area contributed by atoms with Crippen LogP contribution in [0.5, 0.6) is 11.5 Å². The van der Waals surface area contributed by atoms with E-state index in [2.05, 4.69) is 10.6 Å². The average molecular weight is 458 g/mol. The summed E-state index contributed by atoms with van der Waals surface area (Å²) >= 11 is 0. The van der Waals surface area contributed by atoms with Crippen LogP contribution in [-0.4, -0.2) is 67.2 Å². The summed E-state index contributed by atoms with van der Waals surface area (Å²) < 4.78 is 0. The molecule has 1 atom stereocenters. The van der Waals surface area contributed by atoms with Crippen LogP contribution < -0.4 is 9.68 Å². The summed E-state index contributed by atoms with van der Waals surface area (Å²) in [4.78, 5) is 30.5. The van der Waals surface area contributed by atoms with Gasteiger partial charge in [0.15, 0.2) is 0 Å². The number of hydrogen-bond acceptors (Lipinski definition) is 11. The molecule has 17 nitrogen and oxygen atoms in total. The van der Waals surface area contributed by atoms with Crippen LogP contribution in [0.25, 0.3) is 0 Å². The number of nitro benzene ring substituents is 2. The first-order valence-corrected chi connectivity index (χ1v) is 9.52. The van der Waals surface area contributed by atoms with Gasteiger partial charge < -0.3 is 15.5 Å². The summed E-state index contributed by atoms with van der Waals surface area (Å²) in [7, 11) is 0. The molecule has 0 spiro atoms. The molecule has 0 aliphatic carbocycles. The van der Waals surface area contributed by atoms with Gasteiger partial charge in [-0.2, -0.15) is 0 Å². The molecule has 0 bridgehead atoms. The molecule has 0 aromatic heterocycles. The van der Waals surface area contributed by atoms with Gasteiger partial charge in [-0.05, 0) is 26.7 Å². The summed E-state index contributed by atoms with van der Waals surface area (Å²) in [6, 6.07) is 0.761. The van der Waals surface area contributed by atoms with Crippen molar-refractivity contribution in [3.8, 4) is 11.5 Å². The standard InChI is InChI=1S/C15H22N8O9/c1-3-18(4-2)22(29)16-31-14-9-15(13(21(27)28)8-12(14)20(25)26)32-17-23(30)19-7-5-6-11(19)10-24/h8-9,11,24H,3-7,10H2,1-2H3/b22-16-,23-17-/t11-/m0/s1. The largest absolute Gasteiger partial charge is 0.569 e. The van der Waals surface area contributed by atoms with Gasteiger partial charge in [-0.3, -0.25) is 29.9 Å². The zero-order chi connectivity index (χ0) is 23.8. The molecule has 1 saturated heterocycles. The van der Waals surface area contributed by atoms with Crippen molar-refractivity contribution in [3.63, 3.8) is 0 Å². The van der Waals surface area contributed by atoms with Crippen LogP contribution in [0.4, 0.5) is 11.4 Å². The summed E-state index contributed by atoms with van der Waals surface area (Å²) in [5.74, 6) is -1.31. The average Bonchev–Trinajstić information content (AvgIpc) is 3.25. The fourth-order valence-electron chi connectivity index (χ4n) is 2.92. The lowest BCUT2D eigenvalue weighted by Crippen LogP contribution is -2.37. The fraction of sp³-hybridized carbons (Fsp3) is 0.600. The molecule has 0 radical (unpaired) electrons. The Hall–Kier alpha value is -4.02. The predicted molar refractivity (Wildman–Crippen MR) is 103 cm³/mol. The number of benzene rings is 1. The van der Waals surface area contributed by atoms with Gasteiger partial charge in [-0.25, -0.2) is 0 Å². The van der Waals surface area contributed by atoms with E-state index in [1.54, 1.807) is 13.8 Å². The molecule has 17 heteroatoms. The third-order valence-corrected chi connectivity index (χ3v) is 4.60. The Morgan fingerprint density at radius 3 is 2.12 bits per heavy atom. The van der Waals surface area contributed by atoms with E-state index in [1.165, 1.54) is 5.01 Å². The van der Waals surface area contributed by atoms with E-state index in [-0.39, 0.29) is 36.2 Å². The lowest BCUT2D eigenvalue weighted by molar-refractivity contribution is -0.711. The fourth-order valence-corrected chi connectivity index (χ4v) is 2.92. The maximum absolute atomic E-state index is 12.1. The number of rotatable bonds is 11. The lowest BCUT2D eigenvalue weighted by atomic mass is 10.2. The van der Waals surface area contributed by atoms with Crippen LogP contribution in [0, 0.1) is 30.6 Å². The highest BCUT2D eigenvalue weighted by Crippen LogP contribution is 2.39. The van der Waals surface area contributed by atoms with Gasteiger partial charge in [-0.15, -0.1) is 10.0 Å². The van der Waals surface area contributed by atoms with E-state index in [0.29, 0.717) is 18.9 Å². The highest BCUT2D eigenvalue weighted by molar-refractivity contribution is 5.61. The smallest absolute Gasteiger partial charge is 0.321 e. The van der Waals surface area contributed by atoms with Crippen molar-refractivity contribution >= 4 is 11.4 Å². The first-order chi connectivity index (χ1) is 15.2. The maximum atomic E-state index is 12.1. The van der Waals surface area contributed by atoms with Gasteiger partial charge in [0.05, 0.1) is 46.0 Å². The van der Waals surface area contributed by atoms with Gasteiger partial charge in [0, 0.05) is 6.07 Å². The minimum atomic E-state index is -0.976. The number of hydrazine groups is 2. The maximum Gasteiger partial charge on any atom is 0.321 e. The normalized spacial score (nSPS) is 16.7. The van der Waals surface area contributed by atoms with Gasteiger partial charge in [0.25, 0.3) is 0 Å². The van der Waals surface area contributed by atoms with E-state index < -0.39 is 38.8 Å². The molecule has 1 aliphatic rings. The molecule has 1 heterocycles. The minimum absolute atomic E-state index is 0.0314. The Morgan fingerprint density at radius 2 is 1.62 bits per heavy atom. The van der Waals surface area contributed by atoms with Crippen LogP contribution in [0.2, 0.25) is 0 Å². The van der Waals surface area contributed by atoms with Crippen molar-refractivity contribution in [1.29, 1.82) is 0 Å². The van der Waals surface area contributed by atoms with E-state index in [4.69, 9.17) is 9.68 Å². The molecular formula is C15H22N8O9. The zero-order valence-corrected chi connectivity index (χ0v) is 17.3. The number of hydrogen-bond donors (Lipinski definition) is 1. The van der Waals surface area contributed by atoms with Gasteiger partial charge >= 0.3 is 11.4 Å². The van der Waals surface area contributed by atoms with Gasteiger partial charge in [0.1, 0.15) is 12.1 Å². The van der Waals surface area contributed by atoms with Crippen molar-refractivity contribution in [2.75, 3.05) is 26.2 Å². The number of nitro groups is 2. The molecule has 1 N–H and O–H groups in total. The second kappa shape index (κ2) is 10.8. The van der Waals surface area contributed by atoms with Crippen molar-refractivity contribution < 1.29 is 34.6 Å². The Morgan fingerprint density at radius 1 is 1.06 bits per heavy atom.